The molecule has 1 heterocycles. The van der Waals surface area contributed by atoms with Crippen molar-refractivity contribution in [2.45, 2.75) is 32.0 Å². The van der Waals surface area contributed by atoms with Crippen molar-refractivity contribution in [1.82, 2.24) is 4.90 Å². The highest BCUT2D eigenvalue weighted by atomic mass is 16.5. The zero-order chi connectivity index (χ0) is 15.2. The minimum absolute atomic E-state index is 0.0679. The van der Waals surface area contributed by atoms with E-state index in [0.717, 1.165) is 24.5 Å². The number of benzene rings is 1. The van der Waals surface area contributed by atoms with Gasteiger partial charge in [0.15, 0.2) is 0 Å². The Morgan fingerprint density at radius 2 is 1.95 bits per heavy atom. The monoisotopic (exact) mass is 288 g/mol. The van der Waals surface area contributed by atoms with E-state index < -0.39 is 0 Å². The number of nitrogens with zero attached hydrogens (tertiary/aromatic N) is 1. The van der Waals surface area contributed by atoms with Crippen LogP contribution in [0.3, 0.4) is 0 Å². The van der Waals surface area contributed by atoms with Gasteiger partial charge in [0.1, 0.15) is 11.5 Å². The fourth-order valence-electron chi connectivity index (χ4n) is 2.60. The Hall–Kier alpha value is -1.78. The molecule has 0 aliphatic rings. The van der Waals surface area contributed by atoms with E-state index in [4.69, 9.17) is 14.9 Å². The lowest BCUT2D eigenvalue weighted by Crippen LogP contribution is -2.38. The first-order chi connectivity index (χ1) is 10.2. The van der Waals surface area contributed by atoms with E-state index >= 15 is 0 Å². The Morgan fingerprint density at radius 1 is 1.24 bits per heavy atom. The normalized spacial score (nSPS) is 14.1. The van der Waals surface area contributed by atoms with E-state index in [0.29, 0.717) is 0 Å². The molecule has 2 atom stereocenters. The zero-order valence-electron chi connectivity index (χ0n) is 13.0. The molecule has 0 radical (unpaired) electrons. The topological polar surface area (TPSA) is 51.6 Å². The summed E-state index contributed by atoms with van der Waals surface area (Å²) in [6.45, 7) is 2.85. The average molecular weight is 288 g/mol. The summed E-state index contributed by atoms with van der Waals surface area (Å²) in [6, 6.07) is 12.2. The summed E-state index contributed by atoms with van der Waals surface area (Å²) in [4.78, 5) is 2.23. The highest BCUT2D eigenvalue weighted by Crippen LogP contribution is 2.27. The second kappa shape index (κ2) is 7.29. The molecule has 1 aromatic heterocycles. The molecule has 4 nitrogen and oxygen atoms in total. The molecule has 2 N–H and O–H groups in total. The van der Waals surface area contributed by atoms with Crippen molar-refractivity contribution in [1.29, 1.82) is 0 Å². The maximum atomic E-state index is 6.35. The Kier molecular flexibility index (Phi) is 5.42. The number of likely N-dealkylation sites (N-methyl/N-ethyl adjacent to an activating group) is 1. The van der Waals surface area contributed by atoms with Crippen molar-refractivity contribution in [2.75, 3.05) is 14.2 Å². The van der Waals surface area contributed by atoms with Crippen LogP contribution >= 0.6 is 0 Å². The van der Waals surface area contributed by atoms with Gasteiger partial charge in [-0.15, -0.1) is 0 Å². The Bertz CT molecular complexity index is 522. The average Bonchev–Trinajstić information content (AvgIpc) is 3.00. The van der Waals surface area contributed by atoms with E-state index in [1.165, 1.54) is 5.56 Å². The Balaban J connectivity index is 2.20. The minimum atomic E-state index is 0.0679. The van der Waals surface area contributed by atoms with Crippen LogP contribution in [-0.2, 0) is 6.54 Å². The zero-order valence-corrected chi connectivity index (χ0v) is 13.0. The van der Waals surface area contributed by atoms with Crippen LogP contribution in [0.25, 0.3) is 0 Å². The summed E-state index contributed by atoms with van der Waals surface area (Å²) in [5, 5.41) is 0. The molecule has 0 bridgehead atoms. The maximum Gasteiger partial charge on any atom is 0.118 e. The van der Waals surface area contributed by atoms with Crippen molar-refractivity contribution >= 4 is 0 Å². The van der Waals surface area contributed by atoms with Gasteiger partial charge in [0.2, 0.25) is 0 Å². The molecule has 0 fully saturated rings. The van der Waals surface area contributed by atoms with Crippen molar-refractivity contribution in [2.24, 2.45) is 5.73 Å². The molecule has 0 aliphatic carbocycles. The predicted molar refractivity (Wildman–Crippen MR) is 84.2 cm³/mol. The van der Waals surface area contributed by atoms with Gasteiger partial charge in [-0.3, -0.25) is 4.90 Å². The molecule has 0 saturated carbocycles. The number of nitrogens with two attached hydrogens (primary N) is 1. The second-order valence-corrected chi connectivity index (χ2v) is 5.28. The fraction of sp³-hybridized carbons (Fsp3) is 0.412. The van der Waals surface area contributed by atoms with Gasteiger partial charge in [0.25, 0.3) is 0 Å². The van der Waals surface area contributed by atoms with E-state index in [1.54, 1.807) is 13.4 Å². The molecule has 0 aliphatic heterocycles. The number of furan rings is 1. The van der Waals surface area contributed by atoms with Gasteiger partial charge in [-0.2, -0.15) is 0 Å². The number of ether oxygens (including phenoxy) is 1. The molecule has 2 unspecified atom stereocenters. The fourth-order valence-corrected chi connectivity index (χ4v) is 2.60. The van der Waals surface area contributed by atoms with E-state index in [2.05, 4.69) is 31.0 Å². The second-order valence-electron chi connectivity index (χ2n) is 5.28. The van der Waals surface area contributed by atoms with Crippen molar-refractivity contribution in [3.8, 4) is 5.75 Å². The first kappa shape index (κ1) is 15.6. The lowest BCUT2D eigenvalue weighted by atomic mass is 9.96. The number of hydrogen-bond acceptors (Lipinski definition) is 4. The van der Waals surface area contributed by atoms with Gasteiger partial charge >= 0.3 is 0 Å². The number of methoxy groups -OCH3 is 1. The smallest absolute Gasteiger partial charge is 0.118 e. The van der Waals surface area contributed by atoms with Gasteiger partial charge in [-0.25, -0.2) is 0 Å². The lowest BCUT2D eigenvalue weighted by molar-refractivity contribution is 0.188. The summed E-state index contributed by atoms with van der Waals surface area (Å²) in [6.07, 6.45) is 2.62. The molecule has 2 rings (SSSR count). The first-order valence-corrected chi connectivity index (χ1v) is 7.27. The summed E-state index contributed by atoms with van der Waals surface area (Å²) in [5.74, 6) is 1.80. The first-order valence-electron chi connectivity index (χ1n) is 7.27. The summed E-state index contributed by atoms with van der Waals surface area (Å²) in [5.41, 5.74) is 7.54. The summed E-state index contributed by atoms with van der Waals surface area (Å²) >= 11 is 0. The summed E-state index contributed by atoms with van der Waals surface area (Å²) < 4.78 is 10.7. The van der Waals surface area contributed by atoms with Crippen LogP contribution in [0, 0.1) is 0 Å². The van der Waals surface area contributed by atoms with Gasteiger partial charge < -0.3 is 14.9 Å². The summed E-state index contributed by atoms with van der Waals surface area (Å²) in [7, 11) is 3.75. The molecule has 0 saturated heterocycles. The molecule has 1 aromatic carbocycles. The number of rotatable bonds is 7. The molecule has 21 heavy (non-hydrogen) atoms. The van der Waals surface area contributed by atoms with Crippen molar-refractivity contribution in [3.05, 3.63) is 54.0 Å². The third-order valence-corrected chi connectivity index (χ3v) is 3.79. The van der Waals surface area contributed by atoms with Crippen LogP contribution in [0.2, 0.25) is 0 Å². The quantitative estimate of drug-likeness (QED) is 0.850. The van der Waals surface area contributed by atoms with E-state index in [-0.39, 0.29) is 12.1 Å². The molecular weight excluding hydrogens is 264 g/mol. The van der Waals surface area contributed by atoms with Crippen LogP contribution < -0.4 is 10.5 Å². The minimum Gasteiger partial charge on any atom is -0.497 e. The van der Waals surface area contributed by atoms with Crippen molar-refractivity contribution < 1.29 is 9.15 Å². The van der Waals surface area contributed by atoms with E-state index in [1.807, 2.05) is 24.3 Å². The van der Waals surface area contributed by atoms with Gasteiger partial charge in [-0.05, 0) is 43.3 Å². The standard InChI is InChI=1S/C17H24N2O2/c1-4-16(18)17(13-7-9-14(20-3)10-8-13)19(2)12-15-6-5-11-21-15/h5-11,16-17H,4,12,18H2,1-3H3. The van der Waals surface area contributed by atoms with Gasteiger partial charge in [-0.1, -0.05) is 19.1 Å². The molecule has 0 amide bonds. The molecule has 114 valence electrons. The largest absolute Gasteiger partial charge is 0.497 e. The highest BCUT2D eigenvalue weighted by molar-refractivity contribution is 5.30. The van der Waals surface area contributed by atoms with Crippen LogP contribution in [-0.4, -0.2) is 25.1 Å². The third kappa shape index (κ3) is 3.86. The number of hydrogen-bond donors (Lipinski definition) is 1. The highest BCUT2D eigenvalue weighted by Gasteiger charge is 2.23. The Morgan fingerprint density at radius 3 is 2.48 bits per heavy atom. The molecule has 0 spiro atoms. The maximum absolute atomic E-state index is 6.35. The van der Waals surface area contributed by atoms with Gasteiger partial charge in [0, 0.05) is 6.04 Å². The van der Waals surface area contributed by atoms with Crippen molar-refractivity contribution in [3.63, 3.8) is 0 Å². The van der Waals surface area contributed by atoms with Crippen LogP contribution in [0.1, 0.15) is 30.7 Å². The van der Waals surface area contributed by atoms with Crippen LogP contribution in [0.4, 0.5) is 0 Å². The predicted octanol–water partition coefficient (Wildman–Crippen LogP) is 3.20. The molecular formula is C17H24N2O2. The molecule has 2 aromatic rings. The lowest BCUT2D eigenvalue weighted by Gasteiger charge is -2.32. The van der Waals surface area contributed by atoms with Crippen LogP contribution in [0.15, 0.2) is 47.1 Å². The van der Waals surface area contributed by atoms with E-state index in [9.17, 15) is 0 Å². The van der Waals surface area contributed by atoms with Gasteiger partial charge in [0.05, 0.1) is 26.0 Å². The Labute approximate surface area is 126 Å². The molecule has 4 heteroatoms. The third-order valence-electron chi connectivity index (χ3n) is 3.79. The van der Waals surface area contributed by atoms with Crippen LogP contribution in [0.5, 0.6) is 5.75 Å². The SMILES string of the molecule is CCC(N)C(c1ccc(OC)cc1)N(C)Cc1ccco1.